The SMILES string of the molecule is CC(C)(Cc1cccc(C(=O)OCc2ccccc2)c1)NC[C@H](O[Si](C)(C)C(C)(C)C)c1ccc(OCc2ccccc2)c(NC=O)c1. The van der Waals surface area contributed by atoms with Gasteiger partial charge in [-0.2, -0.15) is 0 Å². The fourth-order valence-electron chi connectivity index (χ4n) is 5.10. The molecule has 0 aliphatic heterocycles. The molecule has 254 valence electrons. The number of esters is 1. The van der Waals surface area contributed by atoms with E-state index < -0.39 is 8.32 Å². The molecule has 4 aromatic rings. The Labute approximate surface area is 287 Å². The van der Waals surface area contributed by atoms with Gasteiger partial charge in [0.25, 0.3) is 0 Å². The number of carbonyl (C=O) groups is 2. The van der Waals surface area contributed by atoms with Gasteiger partial charge in [-0.05, 0) is 84.9 Å². The molecular weight excluding hydrogens is 617 g/mol. The monoisotopic (exact) mass is 666 g/mol. The normalized spacial score (nSPS) is 12.6. The first-order valence-electron chi connectivity index (χ1n) is 16.5. The molecule has 0 saturated carbocycles. The molecule has 0 unspecified atom stereocenters. The second-order valence-corrected chi connectivity index (χ2v) is 19.1. The van der Waals surface area contributed by atoms with Crippen molar-refractivity contribution in [3.63, 3.8) is 0 Å². The number of amides is 1. The third-order valence-electron chi connectivity index (χ3n) is 8.86. The summed E-state index contributed by atoms with van der Waals surface area (Å²) in [4.78, 5) is 24.5. The highest BCUT2D eigenvalue weighted by molar-refractivity contribution is 6.74. The molecule has 1 amide bonds. The molecule has 2 N–H and O–H groups in total. The van der Waals surface area contributed by atoms with Crippen molar-refractivity contribution >= 4 is 26.4 Å². The van der Waals surface area contributed by atoms with E-state index in [1.807, 2.05) is 97.1 Å². The molecular formula is C40H50N2O5Si. The van der Waals surface area contributed by atoms with Gasteiger partial charge in [-0.1, -0.05) is 99.6 Å². The first kappa shape index (κ1) is 36.6. The van der Waals surface area contributed by atoms with Crippen LogP contribution in [-0.4, -0.2) is 32.8 Å². The minimum atomic E-state index is -2.20. The summed E-state index contributed by atoms with van der Waals surface area (Å²) in [5.74, 6) is 0.251. The summed E-state index contributed by atoms with van der Waals surface area (Å²) in [6.45, 7) is 16.6. The zero-order valence-electron chi connectivity index (χ0n) is 29.3. The highest BCUT2D eigenvalue weighted by Crippen LogP contribution is 2.40. The number of benzene rings is 4. The van der Waals surface area contributed by atoms with Crippen LogP contribution in [0.2, 0.25) is 18.1 Å². The minimum Gasteiger partial charge on any atom is -0.487 e. The average molecular weight is 667 g/mol. The van der Waals surface area contributed by atoms with Gasteiger partial charge in [-0.25, -0.2) is 4.79 Å². The van der Waals surface area contributed by atoms with Crippen molar-refractivity contribution in [2.45, 2.75) is 84.0 Å². The Hall–Kier alpha value is -4.24. The Morgan fingerprint density at radius 1 is 0.792 bits per heavy atom. The van der Waals surface area contributed by atoms with E-state index in [9.17, 15) is 9.59 Å². The van der Waals surface area contributed by atoms with Crippen molar-refractivity contribution in [3.05, 3.63) is 131 Å². The first-order chi connectivity index (χ1) is 22.8. The molecule has 0 bridgehead atoms. The zero-order chi connectivity index (χ0) is 34.8. The number of ether oxygens (including phenoxy) is 2. The second-order valence-electron chi connectivity index (χ2n) is 14.4. The van der Waals surface area contributed by atoms with Crippen LogP contribution >= 0.6 is 0 Å². The number of hydrogen-bond acceptors (Lipinski definition) is 6. The van der Waals surface area contributed by atoms with Gasteiger partial charge in [-0.15, -0.1) is 0 Å². The van der Waals surface area contributed by atoms with Crippen molar-refractivity contribution in [1.29, 1.82) is 0 Å². The summed E-state index contributed by atoms with van der Waals surface area (Å²) in [6, 6.07) is 33.1. The van der Waals surface area contributed by atoms with Gasteiger partial charge >= 0.3 is 5.97 Å². The molecule has 48 heavy (non-hydrogen) atoms. The van der Waals surface area contributed by atoms with Crippen molar-refractivity contribution in [1.82, 2.24) is 5.32 Å². The van der Waals surface area contributed by atoms with Crippen LogP contribution in [0.25, 0.3) is 0 Å². The summed E-state index contributed by atoms with van der Waals surface area (Å²) in [5.41, 5.74) is 4.76. The molecule has 0 saturated heterocycles. The summed E-state index contributed by atoms with van der Waals surface area (Å²) in [5, 5.41) is 6.58. The average Bonchev–Trinajstić information content (AvgIpc) is 3.05. The number of hydrogen-bond donors (Lipinski definition) is 2. The molecule has 0 aliphatic rings. The van der Waals surface area contributed by atoms with E-state index in [0.717, 1.165) is 22.3 Å². The summed E-state index contributed by atoms with van der Waals surface area (Å²) < 4.78 is 18.7. The van der Waals surface area contributed by atoms with Gasteiger partial charge in [0, 0.05) is 12.1 Å². The van der Waals surface area contributed by atoms with Gasteiger partial charge in [0.05, 0.1) is 17.4 Å². The molecule has 0 fully saturated rings. The largest absolute Gasteiger partial charge is 0.487 e. The van der Waals surface area contributed by atoms with Crippen LogP contribution in [0, 0.1) is 0 Å². The second kappa shape index (κ2) is 16.2. The van der Waals surface area contributed by atoms with Gasteiger partial charge in [0.1, 0.15) is 19.0 Å². The van der Waals surface area contributed by atoms with E-state index in [0.29, 0.717) is 43.0 Å². The molecule has 7 nitrogen and oxygen atoms in total. The molecule has 4 aromatic carbocycles. The molecule has 0 aromatic heterocycles. The van der Waals surface area contributed by atoms with Crippen LogP contribution < -0.4 is 15.4 Å². The van der Waals surface area contributed by atoms with Gasteiger partial charge in [0.2, 0.25) is 6.41 Å². The van der Waals surface area contributed by atoms with Crippen LogP contribution in [0.1, 0.15) is 73.3 Å². The molecule has 1 atom stereocenters. The highest BCUT2D eigenvalue weighted by atomic mass is 28.4. The van der Waals surface area contributed by atoms with E-state index >= 15 is 0 Å². The van der Waals surface area contributed by atoms with Crippen LogP contribution in [0.5, 0.6) is 5.75 Å². The molecule has 0 radical (unpaired) electrons. The third-order valence-corrected chi connectivity index (χ3v) is 13.3. The lowest BCUT2D eigenvalue weighted by Crippen LogP contribution is -2.47. The van der Waals surface area contributed by atoms with Crippen molar-refractivity contribution in [3.8, 4) is 5.75 Å². The standard InChI is InChI=1S/C40H50N2O5Si/c1-39(2,3)48(6,7)47-37(33-21-22-36(35(24-33)41-29-43)45-27-30-15-10-8-11-16-30)26-42-40(4,5)25-32-19-14-20-34(23-32)38(44)46-28-31-17-12-9-13-18-31/h8-24,29,37,42H,25-28H2,1-7H3,(H,41,43)/t37-/m0/s1. The Morgan fingerprint density at radius 3 is 2.04 bits per heavy atom. The highest BCUT2D eigenvalue weighted by Gasteiger charge is 2.40. The fraction of sp³-hybridized carbons (Fsp3) is 0.350. The molecule has 4 rings (SSSR count). The number of anilines is 1. The van der Waals surface area contributed by atoms with Gasteiger partial charge < -0.3 is 24.5 Å². The van der Waals surface area contributed by atoms with Crippen LogP contribution in [0.3, 0.4) is 0 Å². The number of nitrogens with one attached hydrogen (secondary N) is 2. The quantitative estimate of drug-likeness (QED) is 0.0706. The van der Waals surface area contributed by atoms with E-state index in [-0.39, 0.29) is 29.3 Å². The third kappa shape index (κ3) is 10.6. The summed E-state index contributed by atoms with van der Waals surface area (Å²) in [7, 11) is -2.20. The minimum absolute atomic E-state index is 0.00105. The van der Waals surface area contributed by atoms with Crippen LogP contribution in [0.15, 0.2) is 103 Å². The lowest BCUT2D eigenvalue weighted by molar-refractivity contribution is -0.105. The Morgan fingerprint density at radius 2 is 1.42 bits per heavy atom. The van der Waals surface area contributed by atoms with Gasteiger partial charge in [-0.3, -0.25) is 4.79 Å². The van der Waals surface area contributed by atoms with E-state index in [2.05, 4.69) is 58.3 Å². The van der Waals surface area contributed by atoms with Crippen molar-refractivity contribution in [2.75, 3.05) is 11.9 Å². The maximum Gasteiger partial charge on any atom is 0.338 e. The van der Waals surface area contributed by atoms with Crippen LogP contribution in [-0.2, 0) is 33.6 Å². The van der Waals surface area contributed by atoms with E-state index in [1.165, 1.54) is 0 Å². The Bertz CT molecular complexity index is 1630. The van der Waals surface area contributed by atoms with E-state index in [1.54, 1.807) is 6.07 Å². The lowest BCUT2D eigenvalue weighted by atomic mass is 9.93. The summed E-state index contributed by atoms with van der Waals surface area (Å²) in [6.07, 6.45) is 1.08. The first-order valence-corrected chi connectivity index (χ1v) is 19.4. The lowest BCUT2D eigenvalue weighted by Gasteiger charge is -2.40. The number of rotatable bonds is 16. The van der Waals surface area contributed by atoms with Gasteiger partial charge in [0.15, 0.2) is 8.32 Å². The van der Waals surface area contributed by atoms with Crippen molar-refractivity contribution in [2.24, 2.45) is 0 Å². The predicted octanol–water partition coefficient (Wildman–Crippen LogP) is 8.86. The molecule has 0 aliphatic carbocycles. The smallest absolute Gasteiger partial charge is 0.338 e. The topological polar surface area (TPSA) is 85.9 Å². The zero-order valence-corrected chi connectivity index (χ0v) is 30.3. The molecule has 8 heteroatoms. The Balaban J connectivity index is 1.49. The van der Waals surface area contributed by atoms with E-state index in [4.69, 9.17) is 13.9 Å². The van der Waals surface area contributed by atoms with Crippen LogP contribution in [0.4, 0.5) is 5.69 Å². The van der Waals surface area contributed by atoms with Crippen molar-refractivity contribution < 1.29 is 23.5 Å². The predicted molar refractivity (Wildman–Crippen MR) is 196 cm³/mol. The summed E-state index contributed by atoms with van der Waals surface area (Å²) >= 11 is 0. The fourth-order valence-corrected chi connectivity index (χ4v) is 6.39. The maximum atomic E-state index is 12.8. The maximum absolute atomic E-state index is 12.8. The number of carbonyl (C=O) groups excluding carboxylic acids is 2. The Kier molecular flexibility index (Phi) is 12.4. The molecule has 0 heterocycles. The molecule has 0 spiro atoms.